The summed E-state index contributed by atoms with van der Waals surface area (Å²) in [5, 5.41) is 0.768. The van der Waals surface area contributed by atoms with Crippen molar-refractivity contribution in [2.75, 3.05) is 6.61 Å². The van der Waals surface area contributed by atoms with Crippen molar-refractivity contribution in [2.24, 2.45) is 4.99 Å². The summed E-state index contributed by atoms with van der Waals surface area (Å²) < 4.78 is 26.7. The first-order chi connectivity index (χ1) is 17.8. The highest BCUT2D eigenvalue weighted by molar-refractivity contribution is 7.07. The van der Waals surface area contributed by atoms with E-state index in [1.54, 1.807) is 62.4 Å². The van der Waals surface area contributed by atoms with Crippen molar-refractivity contribution in [3.8, 4) is 11.3 Å². The number of fused-ring (bicyclic) bond motifs is 1. The van der Waals surface area contributed by atoms with E-state index in [4.69, 9.17) is 32.4 Å². The van der Waals surface area contributed by atoms with Gasteiger partial charge in [-0.1, -0.05) is 52.7 Å². The highest BCUT2D eigenvalue weighted by Crippen LogP contribution is 2.34. The summed E-state index contributed by atoms with van der Waals surface area (Å²) in [6.45, 7) is 3.55. The van der Waals surface area contributed by atoms with Gasteiger partial charge in [-0.15, -0.1) is 0 Å². The van der Waals surface area contributed by atoms with Gasteiger partial charge in [0.1, 0.15) is 17.3 Å². The minimum atomic E-state index is -0.824. The zero-order valence-electron chi connectivity index (χ0n) is 19.6. The summed E-state index contributed by atoms with van der Waals surface area (Å²) in [5.74, 6) is -0.0865. The molecule has 4 aromatic rings. The number of nitrogens with zero attached hydrogens (tertiary/aromatic N) is 2. The zero-order valence-corrected chi connectivity index (χ0v) is 22.0. The number of furan rings is 1. The standard InChI is InChI=1S/C27H19Cl2FN2O4S/c1-3-35-26(34)22-14(2)31-27-32(24(22)15-7-9-16(30)10-8-15)25(33)21(37-27)13-17-11-12-20(36-17)18-5-4-6-19(28)23(18)29/h4-13,24H,3H2,1-2H3/b21-13-/t24-/m1/s1. The van der Waals surface area contributed by atoms with E-state index in [-0.39, 0.29) is 17.7 Å². The maximum atomic E-state index is 13.7. The molecule has 0 bridgehead atoms. The second-order valence-electron chi connectivity index (χ2n) is 8.16. The number of hydrogen-bond acceptors (Lipinski definition) is 6. The van der Waals surface area contributed by atoms with Gasteiger partial charge in [0.25, 0.3) is 5.56 Å². The summed E-state index contributed by atoms with van der Waals surface area (Å²) in [6, 6.07) is 13.5. The van der Waals surface area contributed by atoms with Crippen LogP contribution in [0.15, 0.2) is 80.1 Å². The minimum Gasteiger partial charge on any atom is -0.463 e. The Hall–Kier alpha value is -3.46. The van der Waals surface area contributed by atoms with Crippen molar-refractivity contribution in [1.29, 1.82) is 0 Å². The lowest BCUT2D eigenvalue weighted by molar-refractivity contribution is -0.139. The van der Waals surface area contributed by atoms with Crippen LogP contribution < -0.4 is 14.9 Å². The Balaban J connectivity index is 1.64. The molecule has 0 saturated heterocycles. The van der Waals surface area contributed by atoms with Crippen LogP contribution in [0, 0.1) is 5.82 Å². The molecule has 0 aliphatic carbocycles. The van der Waals surface area contributed by atoms with Gasteiger partial charge >= 0.3 is 5.97 Å². The Kier molecular flexibility index (Phi) is 6.90. The van der Waals surface area contributed by atoms with Crippen LogP contribution >= 0.6 is 34.5 Å². The van der Waals surface area contributed by atoms with Gasteiger partial charge < -0.3 is 9.15 Å². The van der Waals surface area contributed by atoms with E-state index >= 15 is 0 Å². The lowest BCUT2D eigenvalue weighted by atomic mass is 9.96. The van der Waals surface area contributed by atoms with Crippen molar-refractivity contribution in [3.63, 3.8) is 0 Å². The Morgan fingerprint density at radius 1 is 1.19 bits per heavy atom. The number of benzene rings is 2. The zero-order chi connectivity index (χ0) is 26.3. The molecule has 2 aromatic heterocycles. The van der Waals surface area contributed by atoms with Gasteiger partial charge in [-0.2, -0.15) is 0 Å². The SMILES string of the molecule is CCOC(=O)C1=C(C)N=c2s/c(=C\c3ccc(-c4cccc(Cl)c4Cl)o3)c(=O)n2[C@@H]1c1ccc(F)cc1. The third-order valence-corrected chi connectivity index (χ3v) is 7.62. The summed E-state index contributed by atoms with van der Waals surface area (Å²) >= 11 is 13.6. The normalized spacial score (nSPS) is 15.5. The van der Waals surface area contributed by atoms with Crippen LogP contribution in [0.5, 0.6) is 0 Å². The number of hydrogen-bond donors (Lipinski definition) is 0. The number of ether oxygens (including phenoxy) is 1. The number of aromatic nitrogens is 1. The van der Waals surface area contributed by atoms with Crippen LogP contribution in [0.4, 0.5) is 4.39 Å². The Morgan fingerprint density at radius 3 is 2.68 bits per heavy atom. The summed E-state index contributed by atoms with van der Waals surface area (Å²) in [7, 11) is 0. The quantitative estimate of drug-likeness (QED) is 0.304. The first-order valence-electron chi connectivity index (χ1n) is 11.3. The van der Waals surface area contributed by atoms with E-state index in [2.05, 4.69) is 4.99 Å². The van der Waals surface area contributed by atoms with Crippen molar-refractivity contribution in [2.45, 2.75) is 19.9 Å². The van der Waals surface area contributed by atoms with Crippen LogP contribution in [0.2, 0.25) is 10.0 Å². The fraction of sp³-hybridized carbons (Fsp3) is 0.148. The third kappa shape index (κ3) is 4.68. The number of thiazole rings is 1. The van der Waals surface area contributed by atoms with E-state index in [1.807, 2.05) is 0 Å². The highest BCUT2D eigenvalue weighted by atomic mass is 35.5. The van der Waals surface area contributed by atoms with Crippen molar-refractivity contribution >= 4 is 46.6 Å². The lowest BCUT2D eigenvalue weighted by Crippen LogP contribution is -2.39. The van der Waals surface area contributed by atoms with E-state index in [1.165, 1.54) is 16.7 Å². The van der Waals surface area contributed by atoms with Gasteiger partial charge in [-0.3, -0.25) is 9.36 Å². The number of carbonyl (C=O) groups is 1. The minimum absolute atomic E-state index is 0.160. The summed E-state index contributed by atoms with van der Waals surface area (Å²) in [6.07, 6.45) is 1.61. The first-order valence-corrected chi connectivity index (χ1v) is 12.8. The molecular weight excluding hydrogens is 538 g/mol. The van der Waals surface area contributed by atoms with Gasteiger partial charge in [0, 0.05) is 11.6 Å². The molecule has 0 radical (unpaired) electrons. The maximum absolute atomic E-state index is 13.7. The molecule has 37 heavy (non-hydrogen) atoms. The van der Waals surface area contributed by atoms with Gasteiger partial charge in [0.05, 0.1) is 38.5 Å². The third-order valence-electron chi connectivity index (χ3n) is 5.82. The van der Waals surface area contributed by atoms with Crippen molar-refractivity contribution < 1.29 is 18.3 Å². The molecule has 5 rings (SSSR count). The highest BCUT2D eigenvalue weighted by Gasteiger charge is 2.33. The van der Waals surface area contributed by atoms with E-state index in [0.717, 1.165) is 11.3 Å². The average Bonchev–Trinajstić information content (AvgIpc) is 3.45. The smallest absolute Gasteiger partial charge is 0.338 e. The molecule has 0 fully saturated rings. The van der Waals surface area contributed by atoms with Gasteiger partial charge in [0.2, 0.25) is 0 Å². The van der Waals surface area contributed by atoms with Crippen LogP contribution in [-0.2, 0) is 9.53 Å². The van der Waals surface area contributed by atoms with Crippen LogP contribution in [-0.4, -0.2) is 17.1 Å². The Morgan fingerprint density at radius 2 is 1.95 bits per heavy atom. The van der Waals surface area contributed by atoms with Crippen molar-refractivity contribution in [3.05, 3.63) is 113 Å². The molecule has 0 amide bonds. The molecule has 0 saturated carbocycles. The van der Waals surface area contributed by atoms with E-state index < -0.39 is 17.8 Å². The molecule has 0 unspecified atom stereocenters. The van der Waals surface area contributed by atoms with E-state index in [0.29, 0.717) is 47.7 Å². The molecule has 6 nitrogen and oxygen atoms in total. The predicted molar refractivity (Wildman–Crippen MR) is 141 cm³/mol. The topological polar surface area (TPSA) is 73.8 Å². The van der Waals surface area contributed by atoms with Crippen LogP contribution in [0.1, 0.15) is 31.2 Å². The Bertz CT molecular complexity index is 1730. The number of rotatable bonds is 5. The summed E-state index contributed by atoms with van der Waals surface area (Å²) in [5.41, 5.74) is 1.47. The maximum Gasteiger partial charge on any atom is 0.338 e. The number of allylic oxidation sites excluding steroid dienone is 1. The molecule has 10 heteroatoms. The number of halogens is 3. The first kappa shape index (κ1) is 25.2. The fourth-order valence-corrected chi connectivity index (χ4v) is 5.57. The lowest BCUT2D eigenvalue weighted by Gasteiger charge is -2.24. The fourth-order valence-electron chi connectivity index (χ4n) is 4.15. The molecule has 0 N–H and O–H groups in total. The molecule has 1 aliphatic heterocycles. The molecule has 0 spiro atoms. The largest absolute Gasteiger partial charge is 0.463 e. The molecule has 1 atom stereocenters. The van der Waals surface area contributed by atoms with Gasteiger partial charge in [-0.05, 0) is 55.8 Å². The predicted octanol–water partition coefficient (Wildman–Crippen LogP) is 5.50. The van der Waals surface area contributed by atoms with Gasteiger partial charge in [0.15, 0.2) is 4.80 Å². The molecular formula is C27H19Cl2FN2O4S. The number of esters is 1. The van der Waals surface area contributed by atoms with E-state index in [9.17, 15) is 14.0 Å². The van der Waals surface area contributed by atoms with Crippen LogP contribution in [0.25, 0.3) is 17.4 Å². The number of carbonyl (C=O) groups excluding carboxylic acids is 1. The summed E-state index contributed by atoms with van der Waals surface area (Å²) in [4.78, 5) is 31.5. The van der Waals surface area contributed by atoms with Crippen LogP contribution in [0.3, 0.4) is 0 Å². The monoisotopic (exact) mass is 556 g/mol. The molecule has 188 valence electrons. The second-order valence-corrected chi connectivity index (χ2v) is 9.95. The molecule has 2 aromatic carbocycles. The molecule has 1 aliphatic rings. The molecule has 3 heterocycles. The van der Waals surface area contributed by atoms with Gasteiger partial charge in [-0.25, -0.2) is 14.2 Å². The average molecular weight is 557 g/mol. The second kappa shape index (κ2) is 10.1. The van der Waals surface area contributed by atoms with Crippen molar-refractivity contribution in [1.82, 2.24) is 4.57 Å². The Labute approximate surface area is 224 Å².